The molecule has 0 spiro atoms. The second-order valence-corrected chi connectivity index (χ2v) is 11.9. The van der Waals surface area contributed by atoms with Crippen molar-refractivity contribution < 1.29 is 24.5 Å². The summed E-state index contributed by atoms with van der Waals surface area (Å²) < 4.78 is 10.9. The van der Waals surface area contributed by atoms with E-state index in [2.05, 4.69) is 18.8 Å². The molecule has 2 aromatic rings. The monoisotopic (exact) mass is 529 g/mol. The van der Waals surface area contributed by atoms with Crippen molar-refractivity contribution in [2.45, 2.75) is 51.6 Å². The van der Waals surface area contributed by atoms with Crippen LogP contribution in [0.3, 0.4) is 0 Å². The molecule has 5 atom stereocenters. The summed E-state index contributed by atoms with van der Waals surface area (Å²) in [6.45, 7) is 8.33. The first-order valence-electron chi connectivity index (χ1n) is 12.7. The maximum atomic E-state index is 13.3. The zero-order valence-corrected chi connectivity index (χ0v) is 23.2. The van der Waals surface area contributed by atoms with E-state index in [9.17, 15) is 15.0 Å². The Bertz CT molecular complexity index is 1150. The molecule has 2 aliphatic carbocycles. The first-order chi connectivity index (χ1) is 17.6. The van der Waals surface area contributed by atoms with Gasteiger partial charge in [0.1, 0.15) is 11.5 Å². The van der Waals surface area contributed by atoms with Gasteiger partial charge in [0, 0.05) is 42.3 Å². The normalized spacial score (nSPS) is 28.6. The minimum atomic E-state index is -0.660. The predicted octanol–water partition coefficient (Wildman–Crippen LogP) is 4.35. The van der Waals surface area contributed by atoms with Gasteiger partial charge in [-0.2, -0.15) is 0 Å². The maximum Gasteiger partial charge on any atom is 0.223 e. The van der Waals surface area contributed by atoms with Gasteiger partial charge in [-0.15, -0.1) is 17.9 Å². The number of ether oxygens (including phenoxy) is 2. The molecule has 0 saturated heterocycles. The number of likely N-dealkylation sites (N-methyl/N-ethyl adjacent to an activating group) is 1. The number of rotatable bonds is 9. The number of thiazole rings is 1. The molecule has 0 unspecified atom stereocenters. The van der Waals surface area contributed by atoms with Crippen molar-refractivity contribution in [3.8, 4) is 11.5 Å². The number of carbonyl (C=O) groups is 1. The highest BCUT2D eigenvalue weighted by molar-refractivity contribution is 7.15. The molecule has 0 aliphatic heterocycles. The van der Waals surface area contributed by atoms with Crippen molar-refractivity contribution in [3.05, 3.63) is 41.4 Å². The van der Waals surface area contributed by atoms with E-state index in [0.29, 0.717) is 42.4 Å². The minimum Gasteiger partial charge on any atom is -0.497 e. The molecule has 37 heavy (non-hydrogen) atoms. The molecule has 1 saturated carbocycles. The highest BCUT2D eigenvalue weighted by Crippen LogP contribution is 2.63. The number of benzene rings is 1. The Morgan fingerprint density at radius 1 is 1.35 bits per heavy atom. The van der Waals surface area contributed by atoms with Crippen molar-refractivity contribution in [3.63, 3.8) is 0 Å². The number of hydrogen-bond acceptors (Lipinski definition) is 8. The number of anilines is 2. The Labute approximate surface area is 223 Å². The van der Waals surface area contributed by atoms with Gasteiger partial charge in [0.15, 0.2) is 5.13 Å². The summed E-state index contributed by atoms with van der Waals surface area (Å²) in [5.41, 5.74) is 0.718. The third-order valence-corrected chi connectivity index (χ3v) is 9.76. The van der Waals surface area contributed by atoms with Crippen LogP contribution in [-0.4, -0.2) is 66.5 Å². The number of amides is 1. The number of carbonyl (C=O) groups excluding carboxylic acids is 1. The molecule has 1 fully saturated rings. The summed E-state index contributed by atoms with van der Waals surface area (Å²) in [6.07, 6.45) is 3.49. The van der Waals surface area contributed by atoms with Gasteiger partial charge in [-0.05, 0) is 42.7 Å². The summed E-state index contributed by atoms with van der Waals surface area (Å²) in [6, 6.07) is 5.55. The molecule has 9 heteroatoms. The molecule has 1 aromatic heterocycles. The third kappa shape index (κ3) is 4.84. The second kappa shape index (κ2) is 10.6. The van der Waals surface area contributed by atoms with Gasteiger partial charge in [-0.1, -0.05) is 19.9 Å². The summed E-state index contributed by atoms with van der Waals surface area (Å²) >= 11 is 1.56. The molecule has 3 N–H and O–H groups in total. The van der Waals surface area contributed by atoms with Crippen LogP contribution in [-0.2, 0) is 11.2 Å². The van der Waals surface area contributed by atoms with Gasteiger partial charge in [-0.3, -0.25) is 4.79 Å². The average molecular weight is 530 g/mol. The van der Waals surface area contributed by atoms with Crippen LogP contribution in [0.1, 0.15) is 49.6 Å². The summed E-state index contributed by atoms with van der Waals surface area (Å²) in [7, 11) is 5.03. The van der Waals surface area contributed by atoms with Crippen molar-refractivity contribution >= 4 is 28.1 Å². The van der Waals surface area contributed by atoms with E-state index in [1.807, 2.05) is 25.1 Å². The molecular formula is C28H39N3O5S. The molecule has 0 bridgehead atoms. The smallest absolute Gasteiger partial charge is 0.223 e. The van der Waals surface area contributed by atoms with Crippen molar-refractivity contribution in [1.82, 2.24) is 9.88 Å². The molecule has 0 radical (unpaired) electrons. The van der Waals surface area contributed by atoms with Crippen LogP contribution in [0.4, 0.5) is 10.8 Å². The molecule has 1 amide bonds. The molecule has 1 aromatic carbocycles. The Morgan fingerprint density at radius 2 is 2.11 bits per heavy atom. The van der Waals surface area contributed by atoms with Gasteiger partial charge < -0.3 is 29.9 Å². The van der Waals surface area contributed by atoms with E-state index in [1.54, 1.807) is 43.6 Å². The lowest BCUT2D eigenvalue weighted by Crippen LogP contribution is -2.57. The van der Waals surface area contributed by atoms with E-state index in [4.69, 9.17) is 14.5 Å². The van der Waals surface area contributed by atoms with Gasteiger partial charge >= 0.3 is 0 Å². The van der Waals surface area contributed by atoms with Crippen LogP contribution in [0.15, 0.2) is 30.9 Å². The SMILES string of the molecule is C=CCN(C)C(=O)C[C@@H]1c2nc(Nc3cc(OC)ccc3OC)sc2C[C@@H]2[C@](C)(CO)[C@H](O)CC[C@]21C. The Morgan fingerprint density at radius 3 is 2.76 bits per heavy atom. The minimum absolute atomic E-state index is 0.00316. The number of hydrogen-bond donors (Lipinski definition) is 3. The zero-order valence-electron chi connectivity index (χ0n) is 22.4. The van der Waals surface area contributed by atoms with Crippen molar-refractivity contribution in [2.24, 2.45) is 16.7 Å². The first-order valence-corrected chi connectivity index (χ1v) is 13.5. The largest absolute Gasteiger partial charge is 0.497 e. The van der Waals surface area contributed by atoms with Crippen LogP contribution in [0.25, 0.3) is 0 Å². The quantitative estimate of drug-likeness (QED) is 0.415. The lowest BCUT2D eigenvalue weighted by Gasteiger charge is -2.58. The van der Waals surface area contributed by atoms with E-state index >= 15 is 0 Å². The van der Waals surface area contributed by atoms with Crippen LogP contribution in [0.2, 0.25) is 0 Å². The summed E-state index contributed by atoms with van der Waals surface area (Å²) in [4.78, 5) is 21.1. The predicted molar refractivity (Wildman–Crippen MR) is 146 cm³/mol. The topological polar surface area (TPSA) is 104 Å². The van der Waals surface area contributed by atoms with Crippen LogP contribution < -0.4 is 14.8 Å². The summed E-state index contributed by atoms with van der Waals surface area (Å²) in [5.74, 6) is 1.27. The fraction of sp³-hybridized carbons (Fsp3) is 0.571. The summed E-state index contributed by atoms with van der Waals surface area (Å²) in [5, 5.41) is 25.5. The molecule has 4 rings (SSSR count). The second-order valence-electron chi connectivity index (χ2n) is 10.8. The lowest BCUT2D eigenvalue weighted by molar-refractivity contribution is -0.146. The van der Waals surface area contributed by atoms with Crippen LogP contribution in [0.5, 0.6) is 11.5 Å². The number of nitrogens with zero attached hydrogens (tertiary/aromatic N) is 2. The Hall–Kier alpha value is -2.62. The van der Waals surface area contributed by atoms with Gasteiger partial charge in [-0.25, -0.2) is 4.98 Å². The van der Waals surface area contributed by atoms with E-state index < -0.39 is 11.5 Å². The lowest BCUT2D eigenvalue weighted by atomic mass is 9.47. The first kappa shape index (κ1) is 27.4. The molecule has 8 nitrogen and oxygen atoms in total. The molecular weight excluding hydrogens is 490 g/mol. The third-order valence-electron chi connectivity index (χ3n) is 8.75. The van der Waals surface area contributed by atoms with E-state index in [0.717, 1.165) is 22.7 Å². The van der Waals surface area contributed by atoms with E-state index in [1.165, 1.54) is 0 Å². The number of nitrogens with one attached hydrogen (secondary N) is 1. The zero-order chi connectivity index (χ0) is 27.0. The fourth-order valence-corrected chi connectivity index (χ4v) is 7.43. The Balaban J connectivity index is 1.77. The van der Waals surface area contributed by atoms with Crippen LogP contribution >= 0.6 is 11.3 Å². The molecule has 1 heterocycles. The number of fused-ring (bicyclic) bond motifs is 2. The molecule has 2 aliphatic rings. The Kier molecular flexibility index (Phi) is 7.88. The van der Waals surface area contributed by atoms with Crippen molar-refractivity contribution in [2.75, 3.05) is 39.7 Å². The van der Waals surface area contributed by atoms with Gasteiger partial charge in [0.05, 0.1) is 38.3 Å². The highest BCUT2D eigenvalue weighted by Gasteiger charge is 2.59. The van der Waals surface area contributed by atoms with Crippen molar-refractivity contribution in [1.29, 1.82) is 0 Å². The van der Waals surface area contributed by atoms with Gasteiger partial charge in [0.25, 0.3) is 0 Å². The van der Waals surface area contributed by atoms with E-state index in [-0.39, 0.29) is 29.8 Å². The number of methoxy groups -OCH3 is 2. The highest BCUT2D eigenvalue weighted by atomic mass is 32.1. The fourth-order valence-electron chi connectivity index (χ4n) is 6.35. The number of aliphatic hydroxyl groups excluding tert-OH is 2. The van der Waals surface area contributed by atoms with Crippen LogP contribution in [0, 0.1) is 16.7 Å². The number of aromatic nitrogens is 1. The standard InChI is InChI=1S/C28H39N3O5S/c1-7-12-31(4)24(34)14-18-25-21(15-22-27(18,2)11-10-23(33)28(22,3)16-32)37-26(30-25)29-19-13-17(35-5)8-9-20(19)36-6/h7-9,13,18,22-23,32-33H,1,10-12,14-16H2,2-6H3,(H,29,30)/t18-,22+,23-,27+,28+/m1/s1. The molecule has 202 valence electrons. The number of aliphatic hydroxyl groups is 2. The maximum absolute atomic E-state index is 13.3. The average Bonchev–Trinajstić information content (AvgIpc) is 3.29. The van der Waals surface area contributed by atoms with Gasteiger partial charge in [0.2, 0.25) is 5.91 Å².